The third kappa shape index (κ3) is 4.63. The summed E-state index contributed by atoms with van der Waals surface area (Å²) in [5, 5.41) is 2.53. The minimum absolute atomic E-state index is 0.182. The van der Waals surface area contributed by atoms with Crippen molar-refractivity contribution in [2.45, 2.75) is 19.3 Å². The first kappa shape index (κ1) is 30.4. The molecule has 1 aliphatic rings. The summed E-state index contributed by atoms with van der Waals surface area (Å²) in [4.78, 5) is 0. The van der Waals surface area contributed by atoms with Gasteiger partial charge < -0.3 is 4.57 Å². The third-order valence-electron chi connectivity index (χ3n) is 11.2. The van der Waals surface area contributed by atoms with Crippen LogP contribution in [0.4, 0.5) is 0 Å². The third-order valence-corrected chi connectivity index (χ3v) is 11.2. The van der Waals surface area contributed by atoms with Crippen molar-refractivity contribution in [1.82, 2.24) is 4.57 Å². The summed E-state index contributed by atoms with van der Waals surface area (Å²) in [5.41, 5.74) is 18.8. The summed E-state index contributed by atoms with van der Waals surface area (Å²) in [6.45, 7) is 4.79. The van der Waals surface area contributed by atoms with Crippen molar-refractivity contribution in [3.63, 3.8) is 0 Å². The van der Waals surface area contributed by atoms with Gasteiger partial charge in [-0.25, -0.2) is 0 Å². The molecule has 0 N–H and O–H groups in total. The van der Waals surface area contributed by atoms with Crippen LogP contribution < -0.4 is 0 Å². The Morgan fingerprint density at radius 2 is 0.885 bits per heavy atom. The van der Waals surface area contributed by atoms with E-state index in [2.05, 4.69) is 206 Å². The summed E-state index contributed by atoms with van der Waals surface area (Å²) < 4.78 is 2.39. The van der Waals surface area contributed by atoms with E-state index in [1.54, 1.807) is 0 Å². The van der Waals surface area contributed by atoms with Gasteiger partial charge in [-0.2, -0.15) is 0 Å². The van der Waals surface area contributed by atoms with Gasteiger partial charge in [0.15, 0.2) is 0 Å². The number of fused-ring (bicyclic) bond motifs is 6. The van der Waals surface area contributed by atoms with Crippen LogP contribution in [0.3, 0.4) is 0 Å². The summed E-state index contributed by atoms with van der Waals surface area (Å²) in [7, 11) is 0. The molecule has 1 aliphatic carbocycles. The topological polar surface area (TPSA) is 4.93 Å². The SMILES string of the molecule is CC1(C)c2ccc(-c3ccc4c(c3)c3ccccc3n4-c3ccccc3)cc2-c2c1cc(-c1ccccc1)c(-c1ccccc1)c2-c1ccccc1. The van der Waals surface area contributed by atoms with E-state index in [1.807, 2.05) is 0 Å². The molecule has 0 radical (unpaired) electrons. The highest BCUT2D eigenvalue weighted by Gasteiger charge is 2.39. The molecule has 0 bridgehead atoms. The van der Waals surface area contributed by atoms with Gasteiger partial charge in [0.1, 0.15) is 0 Å². The van der Waals surface area contributed by atoms with Gasteiger partial charge in [0.25, 0.3) is 0 Å². The molecule has 0 spiro atoms. The van der Waals surface area contributed by atoms with E-state index in [1.165, 1.54) is 94.3 Å². The maximum absolute atomic E-state index is 2.49. The lowest BCUT2D eigenvalue weighted by molar-refractivity contribution is 0.661. The second-order valence-corrected chi connectivity index (χ2v) is 14.5. The Bertz CT molecular complexity index is 2770. The van der Waals surface area contributed by atoms with Crippen LogP contribution in [0.25, 0.3) is 83.1 Å². The quantitative estimate of drug-likeness (QED) is 0.173. The van der Waals surface area contributed by atoms with Gasteiger partial charge in [-0.15, -0.1) is 0 Å². The van der Waals surface area contributed by atoms with Crippen LogP contribution in [0.5, 0.6) is 0 Å². The highest BCUT2D eigenvalue weighted by molar-refractivity contribution is 6.11. The lowest BCUT2D eigenvalue weighted by atomic mass is 9.77. The summed E-state index contributed by atoms with van der Waals surface area (Å²) in [5.74, 6) is 0. The Labute approximate surface area is 305 Å². The molecule has 0 saturated carbocycles. The highest BCUT2D eigenvalue weighted by atomic mass is 15.0. The van der Waals surface area contributed by atoms with Crippen molar-refractivity contribution in [2.75, 3.05) is 0 Å². The van der Waals surface area contributed by atoms with Crippen LogP contribution in [0.2, 0.25) is 0 Å². The Balaban J connectivity index is 1.24. The van der Waals surface area contributed by atoms with Gasteiger partial charge in [-0.05, 0) is 109 Å². The van der Waals surface area contributed by atoms with Gasteiger partial charge in [-0.3, -0.25) is 0 Å². The van der Waals surface area contributed by atoms with E-state index in [0.29, 0.717) is 0 Å². The van der Waals surface area contributed by atoms with E-state index < -0.39 is 0 Å². The molecule has 246 valence electrons. The molecule has 9 aromatic rings. The fourth-order valence-electron chi connectivity index (χ4n) is 8.73. The first-order valence-electron chi connectivity index (χ1n) is 18.2. The monoisotopic (exact) mass is 663 g/mol. The number of para-hydroxylation sites is 2. The standard InChI is InChI=1S/C51H37N/c1-51(2)44-29-27-37(38-28-30-47-42(31-38)40-25-15-16-26-46(40)52(47)39-23-13-6-14-24-39)32-43(44)50-45(51)33-41(34-17-7-3-8-18-34)48(35-19-9-4-10-20-35)49(50)36-21-11-5-12-22-36/h3-33H,1-2H3. The number of hydrogen-bond donors (Lipinski definition) is 0. The molecule has 1 aromatic heterocycles. The first-order chi connectivity index (χ1) is 25.6. The van der Waals surface area contributed by atoms with Crippen LogP contribution in [0, 0.1) is 0 Å². The Morgan fingerprint density at radius 3 is 1.58 bits per heavy atom. The van der Waals surface area contributed by atoms with Gasteiger partial charge in [0, 0.05) is 21.9 Å². The second kappa shape index (κ2) is 11.8. The van der Waals surface area contributed by atoms with Crippen LogP contribution in [-0.4, -0.2) is 4.57 Å². The largest absolute Gasteiger partial charge is 0.309 e. The van der Waals surface area contributed by atoms with Crippen molar-refractivity contribution < 1.29 is 0 Å². The van der Waals surface area contributed by atoms with Crippen molar-refractivity contribution in [2.24, 2.45) is 0 Å². The summed E-state index contributed by atoms with van der Waals surface area (Å²) >= 11 is 0. The van der Waals surface area contributed by atoms with Crippen molar-refractivity contribution >= 4 is 21.8 Å². The average molecular weight is 664 g/mol. The Kier molecular flexibility index (Phi) is 6.91. The lowest BCUT2D eigenvalue weighted by Gasteiger charge is -2.25. The first-order valence-corrected chi connectivity index (χ1v) is 18.2. The molecule has 0 unspecified atom stereocenters. The van der Waals surface area contributed by atoms with Crippen LogP contribution >= 0.6 is 0 Å². The average Bonchev–Trinajstić information content (AvgIpc) is 3.66. The molecule has 1 nitrogen and oxygen atoms in total. The van der Waals surface area contributed by atoms with Crippen molar-refractivity contribution in [1.29, 1.82) is 0 Å². The molecule has 0 saturated heterocycles. The molecule has 0 aliphatic heterocycles. The zero-order valence-corrected chi connectivity index (χ0v) is 29.3. The molecule has 0 fully saturated rings. The predicted molar refractivity (Wildman–Crippen MR) is 220 cm³/mol. The molecular weight excluding hydrogens is 627 g/mol. The smallest absolute Gasteiger partial charge is 0.0541 e. The minimum atomic E-state index is -0.182. The second-order valence-electron chi connectivity index (χ2n) is 14.5. The fourth-order valence-corrected chi connectivity index (χ4v) is 8.73. The van der Waals surface area contributed by atoms with E-state index >= 15 is 0 Å². The predicted octanol–water partition coefficient (Wildman–Crippen LogP) is 13.8. The van der Waals surface area contributed by atoms with Gasteiger partial charge in [-0.1, -0.05) is 159 Å². The molecule has 0 amide bonds. The number of aromatic nitrogens is 1. The number of nitrogens with zero attached hydrogens (tertiary/aromatic N) is 1. The van der Waals surface area contributed by atoms with E-state index in [4.69, 9.17) is 0 Å². The Hall–Kier alpha value is -6.44. The normalized spacial score (nSPS) is 13.0. The molecule has 0 atom stereocenters. The number of hydrogen-bond acceptors (Lipinski definition) is 0. The molecule has 10 rings (SSSR count). The minimum Gasteiger partial charge on any atom is -0.309 e. The zero-order valence-electron chi connectivity index (χ0n) is 29.3. The number of benzene rings is 8. The highest BCUT2D eigenvalue weighted by Crippen LogP contribution is 2.57. The zero-order chi connectivity index (χ0) is 34.8. The van der Waals surface area contributed by atoms with Gasteiger partial charge in [0.2, 0.25) is 0 Å². The fraction of sp³-hybridized carbons (Fsp3) is 0.0588. The maximum atomic E-state index is 2.49. The molecule has 52 heavy (non-hydrogen) atoms. The van der Waals surface area contributed by atoms with Gasteiger partial charge >= 0.3 is 0 Å². The maximum Gasteiger partial charge on any atom is 0.0541 e. The van der Waals surface area contributed by atoms with E-state index in [9.17, 15) is 0 Å². The number of rotatable bonds is 5. The Morgan fingerprint density at radius 1 is 0.346 bits per heavy atom. The summed E-state index contributed by atoms with van der Waals surface area (Å²) in [6.07, 6.45) is 0. The van der Waals surface area contributed by atoms with E-state index in [-0.39, 0.29) is 5.41 Å². The molecule has 1 heteroatoms. The van der Waals surface area contributed by atoms with Crippen LogP contribution in [-0.2, 0) is 5.41 Å². The molecule has 8 aromatic carbocycles. The van der Waals surface area contributed by atoms with Crippen molar-refractivity contribution in [3.8, 4) is 61.3 Å². The van der Waals surface area contributed by atoms with Gasteiger partial charge in [0.05, 0.1) is 11.0 Å². The van der Waals surface area contributed by atoms with Crippen molar-refractivity contribution in [3.05, 3.63) is 199 Å². The summed E-state index contributed by atoms with van der Waals surface area (Å²) in [6, 6.07) is 69.0. The molecule has 1 heterocycles. The van der Waals surface area contributed by atoms with Crippen LogP contribution in [0.1, 0.15) is 25.0 Å². The molecular formula is C51H37N. The van der Waals surface area contributed by atoms with E-state index in [0.717, 1.165) is 0 Å². The lowest BCUT2D eigenvalue weighted by Crippen LogP contribution is -2.15. The van der Waals surface area contributed by atoms with Crippen LogP contribution in [0.15, 0.2) is 188 Å².